The van der Waals surface area contributed by atoms with Gasteiger partial charge >= 0.3 is 0 Å². The fraction of sp³-hybridized carbons (Fsp3) is 0.368. The molecule has 1 aliphatic carbocycles. The number of nitrogens with zero attached hydrogens (tertiary/aromatic N) is 1. The lowest BCUT2D eigenvalue weighted by molar-refractivity contribution is 0.0926. The lowest BCUT2D eigenvalue weighted by atomic mass is 9.91. The molecule has 3 rings (SSSR count). The first-order valence-corrected chi connectivity index (χ1v) is 8.95. The predicted octanol–water partition coefficient (Wildman–Crippen LogP) is 4.90. The van der Waals surface area contributed by atoms with Gasteiger partial charge in [-0.25, -0.2) is 13.8 Å². The zero-order valence-corrected chi connectivity index (χ0v) is 16.3. The Hall–Kier alpha value is -1.92. The molecule has 0 saturated heterocycles. The second-order valence-electron chi connectivity index (χ2n) is 6.61. The largest absolute Gasteiger partial charge is 0.367 e. The molecule has 1 heterocycles. The topological polar surface area (TPSA) is 54.0 Å². The van der Waals surface area contributed by atoms with Crippen molar-refractivity contribution in [3.63, 3.8) is 0 Å². The summed E-state index contributed by atoms with van der Waals surface area (Å²) in [6.07, 6.45) is 4.59. The number of pyridine rings is 1. The molecule has 8 heteroatoms. The first-order chi connectivity index (χ1) is 12.4. The van der Waals surface area contributed by atoms with Crippen molar-refractivity contribution in [2.45, 2.75) is 44.7 Å². The number of aryl methyl sites for hydroxylation is 1. The molecule has 2 aromatic rings. The summed E-state index contributed by atoms with van der Waals surface area (Å²) < 4.78 is 26.5. The summed E-state index contributed by atoms with van der Waals surface area (Å²) >= 11 is 5.72. The lowest BCUT2D eigenvalue weighted by Crippen LogP contribution is -2.40. The number of amides is 1. The van der Waals surface area contributed by atoms with E-state index in [1.165, 1.54) is 24.4 Å². The van der Waals surface area contributed by atoms with Gasteiger partial charge in [0.1, 0.15) is 17.5 Å². The minimum atomic E-state index is -0.542. The van der Waals surface area contributed by atoms with Crippen molar-refractivity contribution in [3.05, 3.63) is 58.2 Å². The van der Waals surface area contributed by atoms with Gasteiger partial charge in [-0.15, -0.1) is 12.4 Å². The summed E-state index contributed by atoms with van der Waals surface area (Å²) in [7, 11) is 0. The normalized spacial score (nSPS) is 19.1. The van der Waals surface area contributed by atoms with E-state index < -0.39 is 5.82 Å². The molecular weight excluding hydrogens is 395 g/mol. The van der Waals surface area contributed by atoms with E-state index in [1.807, 2.05) is 0 Å². The molecule has 146 valence electrons. The van der Waals surface area contributed by atoms with Crippen LogP contribution in [0.5, 0.6) is 0 Å². The minimum Gasteiger partial charge on any atom is -0.367 e. The third-order valence-electron chi connectivity index (χ3n) is 4.64. The SMILES string of the molecule is Cc1cc(NC2CCC(NC(=O)c3ccc(F)c(Cl)c3)CC2)ncc1F.Cl. The van der Waals surface area contributed by atoms with E-state index >= 15 is 0 Å². The highest BCUT2D eigenvalue weighted by molar-refractivity contribution is 6.31. The highest BCUT2D eigenvalue weighted by atomic mass is 35.5. The Morgan fingerprint density at radius 1 is 1.11 bits per heavy atom. The number of benzene rings is 1. The van der Waals surface area contributed by atoms with Gasteiger partial charge in [0.25, 0.3) is 5.91 Å². The summed E-state index contributed by atoms with van der Waals surface area (Å²) in [5.41, 5.74) is 0.907. The summed E-state index contributed by atoms with van der Waals surface area (Å²) in [5, 5.41) is 6.23. The number of rotatable bonds is 4. The molecule has 1 aliphatic rings. The molecule has 0 atom stereocenters. The van der Waals surface area contributed by atoms with Gasteiger partial charge in [0.05, 0.1) is 11.2 Å². The van der Waals surface area contributed by atoms with Crippen LogP contribution in [0.2, 0.25) is 5.02 Å². The smallest absolute Gasteiger partial charge is 0.251 e. The molecule has 4 nitrogen and oxygen atoms in total. The van der Waals surface area contributed by atoms with E-state index in [9.17, 15) is 13.6 Å². The van der Waals surface area contributed by atoms with Crippen molar-refractivity contribution in [1.29, 1.82) is 0 Å². The zero-order chi connectivity index (χ0) is 18.7. The Balaban J connectivity index is 0.00000261. The Labute approximate surface area is 168 Å². The molecule has 1 aromatic carbocycles. The number of aromatic nitrogens is 1. The number of hydrogen-bond acceptors (Lipinski definition) is 3. The molecule has 1 fully saturated rings. The van der Waals surface area contributed by atoms with E-state index in [-0.39, 0.29) is 41.2 Å². The van der Waals surface area contributed by atoms with E-state index in [0.29, 0.717) is 16.9 Å². The lowest BCUT2D eigenvalue weighted by Gasteiger charge is -2.30. The van der Waals surface area contributed by atoms with Crippen LogP contribution in [0.4, 0.5) is 14.6 Å². The average Bonchev–Trinajstić information content (AvgIpc) is 2.62. The predicted molar refractivity (Wildman–Crippen MR) is 105 cm³/mol. The number of anilines is 1. The van der Waals surface area contributed by atoms with Crippen molar-refractivity contribution in [2.24, 2.45) is 0 Å². The van der Waals surface area contributed by atoms with Gasteiger partial charge in [-0.2, -0.15) is 0 Å². The number of hydrogen-bond donors (Lipinski definition) is 2. The van der Waals surface area contributed by atoms with Gasteiger partial charge in [-0.3, -0.25) is 4.79 Å². The van der Waals surface area contributed by atoms with Gasteiger partial charge in [-0.1, -0.05) is 11.6 Å². The molecule has 27 heavy (non-hydrogen) atoms. The van der Waals surface area contributed by atoms with Gasteiger partial charge in [-0.05, 0) is 62.4 Å². The van der Waals surface area contributed by atoms with Crippen molar-refractivity contribution in [3.8, 4) is 0 Å². The molecule has 0 radical (unpaired) electrons. The van der Waals surface area contributed by atoms with Crippen LogP contribution in [-0.4, -0.2) is 23.0 Å². The quantitative estimate of drug-likeness (QED) is 0.746. The third-order valence-corrected chi connectivity index (χ3v) is 4.93. The summed E-state index contributed by atoms with van der Waals surface area (Å²) in [5.74, 6) is -0.446. The summed E-state index contributed by atoms with van der Waals surface area (Å²) in [6.45, 7) is 1.70. The van der Waals surface area contributed by atoms with E-state index in [1.54, 1.807) is 13.0 Å². The van der Waals surface area contributed by atoms with Crippen LogP contribution in [-0.2, 0) is 0 Å². The van der Waals surface area contributed by atoms with Gasteiger partial charge < -0.3 is 10.6 Å². The van der Waals surface area contributed by atoms with Gasteiger partial charge in [0.15, 0.2) is 0 Å². The van der Waals surface area contributed by atoms with Crippen LogP contribution in [0.1, 0.15) is 41.6 Å². The molecule has 0 aliphatic heterocycles. The van der Waals surface area contributed by atoms with Crippen LogP contribution in [0.3, 0.4) is 0 Å². The Morgan fingerprint density at radius 3 is 2.41 bits per heavy atom. The van der Waals surface area contributed by atoms with Crippen LogP contribution in [0.25, 0.3) is 0 Å². The number of halogens is 4. The molecule has 1 saturated carbocycles. The van der Waals surface area contributed by atoms with Gasteiger partial charge in [0.2, 0.25) is 0 Å². The van der Waals surface area contributed by atoms with Crippen LogP contribution in [0, 0.1) is 18.6 Å². The fourth-order valence-corrected chi connectivity index (χ4v) is 3.30. The molecule has 2 N–H and O–H groups in total. The first-order valence-electron chi connectivity index (χ1n) is 8.57. The molecule has 0 bridgehead atoms. The second-order valence-corrected chi connectivity index (χ2v) is 7.02. The Morgan fingerprint density at radius 2 is 1.78 bits per heavy atom. The molecule has 0 unspecified atom stereocenters. The second kappa shape index (κ2) is 9.33. The molecule has 0 spiro atoms. The Bertz CT molecular complexity index is 812. The van der Waals surface area contributed by atoms with Crippen molar-refractivity contribution < 1.29 is 13.6 Å². The fourth-order valence-electron chi connectivity index (χ4n) is 3.12. The number of nitrogens with one attached hydrogen (secondary N) is 2. The maximum Gasteiger partial charge on any atom is 0.251 e. The van der Waals surface area contributed by atoms with Gasteiger partial charge in [0, 0.05) is 17.6 Å². The van der Waals surface area contributed by atoms with Crippen LogP contribution >= 0.6 is 24.0 Å². The molecular formula is C19H21Cl2F2N3O. The Kier molecular flexibility index (Phi) is 7.39. The standard InChI is InChI=1S/C19H20ClF2N3O.ClH/c1-11-8-18(23-10-17(11)22)24-13-3-5-14(6-4-13)25-19(26)12-2-7-16(21)15(20)9-12;/h2,7-10,13-14H,3-6H2,1H3,(H,23,24)(H,25,26);1H. The van der Waals surface area contributed by atoms with E-state index in [0.717, 1.165) is 25.7 Å². The van der Waals surface area contributed by atoms with Crippen LogP contribution in [0.15, 0.2) is 30.5 Å². The average molecular weight is 416 g/mol. The van der Waals surface area contributed by atoms with Crippen LogP contribution < -0.4 is 10.6 Å². The van der Waals surface area contributed by atoms with E-state index in [2.05, 4.69) is 15.6 Å². The summed E-state index contributed by atoms with van der Waals surface area (Å²) in [4.78, 5) is 16.3. The first kappa shape index (κ1) is 21.4. The summed E-state index contributed by atoms with van der Waals surface area (Å²) in [6, 6.07) is 5.94. The third kappa shape index (κ3) is 5.53. The maximum absolute atomic E-state index is 13.3. The monoisotopic (exact) mass is 415 g/mol. The zero-order valence-electron chi connectivity index (χ0n) is 14.8. The number of carbonyl (C=O) groups excluding carboxylic acids is 1. The molecule has 1 amide bonds. The van der Waals surface area contributed by atoms with Crippen molar-refractivity contribution >= 4 is 35.7 Å². The van der Waals surface area contributed by atoms with Crippen molar-refractivity contribution in [1.82, 2.24) is 10.3 Å². The highest BCUT2D eigenvalue weighted by Gasteiger charge is 2.23. The van der Waals surface area contributed by atoms with E-state index in [4.69, 9.17) is 11.6 Å². The number of carbonyl (C=O) groups is 1. The minimum absolute atomic E-state index is 0. The van der Waals surface area contributed by atoms with Crippen molar-refractivity contribution in [2.75, 3.05) is 5.32 Å². The highest BCUT2D eigenvalue weighted by Crippen LogP contribution is 2.23. The molecule has 1 aromatic heterocycles. The maximum atomic E-state index is 13.3.